The maximum atomic E-state index is 5.70. The van der Waals surface area contributed by atoms with Gasteiger partial charge >= 0.3 is 0 Å². The summed E-state index contributed by atoms with van der Waals surface area (Å²) in [6, 6.07) is 0. The topological polar surface area (TPSA) is 18.5 Å². The lowest BCUT2D eigenvalue weighted by Gasteiger charge is -2.13. The Hall–Kier alpha value is -0.0800. The molecule has 3 atom stereocenters. The summed E-state index contributed by atoms with van der Waals surface area (Å²) in [7, 11) is 1.72. The molecule has 0 saturated carbocycles. The summed E-state index contributed by atoms with van der Waals surface area (Å²) in [5, 5.41) is 0. The number of ether oxygens (including phenoxy) is 2. The highest BCUT2D eigenvalue weighted by Gasteiger charge is 2.31. The van der Waals surface area contributed by atoms with Crippen LogP contribution in [0.25, 0.3) is 0 Å². The van der Waals surface area contributed by atoms with E-state index in [1.54, 1.807) is 7.11 Å². The molecule has 0 aromatic carbocycles. The Morgan fingerprint density at radius 2 is 2.25 bits per heavy atom. The highest BCUT2D eigenvalue weighted by molar-refractivity contribution is 4.75. The molecule has 2 nitrogen and oxygen atoms in total. The molecule has 2 heteroatoms. The minimum atomic E-state index is 0.0573. The molecule has 1 fully saturated rings. The second-order valence-corrected chi connectivity index (χ2v) is 3.70. The molecule has 1 aliphatic heterocycles. The van der Waals surface area contributed by atoms with Gasteiger partial charge in [0.15, 0.2) is 6.29 Å². The molecule has 1 unspecified atom stereocenters. The number of rotatable bonds is 4. The lowest BCUT2D eigenvalue weighted by Crippen LogP contribution is -2.14. The quantitative estimate of drug-likeness (QED) is 0.649. The third-order valence-corrected chi connectivity index (χ3v) is 2.63. The molecule has 1 saturated heterocycles. The van der Waals surface area contributed by atoms with E-state index in [9.17, 15) is 0 Å². The summed E-state index contributed by atoms with van der Waals surface area (Å²) in [6.45, 7) is 4.47. The highest BCUT2D eigenvalue weighted by Crippen LogP contribution is 2.29. The van der Waals surface area contributed by atoms with Crippen LogP contribution in [0, 0.1) is 5.92 Å². The molecule has 1 heterocycles. The Bertz CT molecular complexity index is 125. The average molecular weight is 172 g/mol. The van der Waals surface area contributed by atoms with E-state index in [-0.39, 0.29) is 6.29 Å². The third-order valence-electron chi connectivity index (χ3n) is 2.63. The maximum Gasteiger partial charge on any atom is 0.157 e. The molecule has 1 aliphatic rings. The summed E-state index contributed by atoms with van der Waals surface area (Å²) >= 11 is 0. The fourth-order valence-corrected chi connectivity index (χ4v) is 1.75. The van der Waals surface area contributed by atoms with Crippen LogP contribution in [0.4, 0.5) is 0 Å². The van der Waals surface area contributed by atoms with Crippen molar-refractivity contribution in [1.29, 1.82) is 0 Å². The van der Waals surface area contributed by atoms with Crippen LogP contribution in [0.15, 0.2) is 0 Å². The zero-order chi connectivity index (χ0) is 8.97. The van der Waals surface area contributed by atoms with E-state index in [1.807, 2.05) is 0 Å². The monoisotopic (exact) mass is 172 g/mol. The first-order valence-corrected chi connectivity index (χ1v) is 4.96. The first kappa shape index (κ1) is 10.0. The summed E-state index contributed by atoms with van der Waals surface area (Å²) in [4.78, 5) is 0. The number of hydrogen-bond acceptors (Lipinski definition) is 2. The van der Waals surface area contributed by atoms with Crippen LogP contribution in [0.2, 0.25) is 0 Å². The van der Waals surface area contributed by atoms with Gasteiger partial charge in [-0.05, 0) is 12.3 Å². The predicted molar refractivity (Wildman–Crippen MR) is 49.0 cm³/mol. The summed E-state index contributed by atoms with van der Waals surface area (Å²) < 4.78 is 10.9. The van der Waals surface area contributed by atoms with Crippen LogP contribution < -0.4 is 0 Å². The SMILES string of the molecule is CCCC[C@@H]1OC(OC)C[C@H]1C. The van der Waals surface area contributed by atoms with Crippen molar-refractivity contribution in [2.24, 2.45) is 5.92 Å². The lowest BCUT2D eigenvalue weighted by molar-refractivity contribution is -0.117. The van der Waals surface area contributed by atoms with E-state index < -0.39 is 0 Å². The standard InChI is InChI=1S/C10H20O2/c1-4-5-6-9-8(2)7-10(11-3)12-9/h8-10H,4-7H2,1-3H3/t8-,9+,10?/m1/s1. The van der Waals surface area contributed by atoms with Crippen molar-refractivity contribution in [3.8, 4) is 0 Å². The van der Waals surface area contributed by atoms with Gasteiger partial charge in [0.05, 0.1) is 6.10 Å². The maximum absolute atomic E-state index is 5.70. The molecule has 0 aromatic rings. The second-order valence-electron chi connectivity index (χ2n) is 3.70. The van der Waals surface area contributed by atoms with Crippen molar-refractivity contribution in [1.82, 2.24) is 0 Å². The van der Waals surface area contributed by atoms with Crippen molar-refractivity contribution in [2.75, 3.05) is 7.11 Å². The molecule has 1 rings (SSSR count). The van der Waals surface area contributed by atoms with Crippen LogP contribution in [-0.2, 0) is 9.47 Å². The van der Waals surface area contributed by atoms with Gasteiger partial charge in [0.1, 0.15) is 0 Å². The van der Waals surface area contributed by atoms with Crippen LogP contribution in [0.1, 0.15) is 39.5 Å². The van der Waals surface area contributed by atoms with E-state index in [2.05, 4.69) is 13.8 Å². The van der Waals surface area contributed by atoms with Crippen LogP contribution in [0.5, 0.6) is 0 Å². The molecule has 0 aromatic heterocycles. The molecule has 0 spiro atoms. The van der Waals surface area contributed by atoms with E-state index in [4.69, 9.17) is 9.47 Å². The van der Waals surface area contributed by atoms with E-state index in [1.165, 1.54) is 19.3 Å². The van der Waals surface area contributed by atoms with Gasteiger partial charge < -0.3 is 9.47 Å². The third kappa shape index (κ3) is 2.46. The molecule has 0 aliphatic carbocycles. The Morgan fingerprint density at radius 3 is 2.75 bits per heavy atom. The van der Waals surface area contributed by atoms with Gasteiger partial charge in [-0.15, -0.1) is 0 Å². The highest BCUT2D eigenvalue weighted by atomic mass is 16.7. The van der Waals surface area contributed by atoms with Gasteiger partial charge in [-0.25, -0.2) is 0 Å². The molecular formula is C10H20O2. The smallest absolute Gasteiger partial charge is 0.157 e. The molecule has 72 valence electrons. The molecule has 12 heavy (non-hydrogen) atoms. The Morgan fingerprint density at radius 1 is 1.50 bits per heavy atom. The van der Waals surface area contributed by atoms with Gasteiger partial charge in [-0.3, -0.25) is 0 Å². The Balaban J connectivity index is 2.25. The lowest BCUT2D eigenvalue weighted by atomic mass is 9.99. The van der Waals surface area contributed by atoms with Crippen molar-refractivity contribution in [3.63, 3.8) is 0 Å². The normalized spacial score (nSPS) is 35.8. The van der Waals surface area contributed by atoms with Crippen molar-refractivity contribution in [3.05, 3.63) is 0 Å². The number of hydrogen-bond donors (Lipinski definition) is 0. The predicted octanol–water partition coefficient (Wildman–Crippen LogP) is 2.57. The largest absolute Gasteiger partial charge is 0.356 e. The minimum Gasteiger partial charge on any atom is -0.356 e. The zero-order valence-corrected chi connectivity index (χ0v) is 8.38. The van der Waals surface area contributed by atoms with E-state index in [0.29, 0.717) is 12.0 Å². The fraction of sp³-hybridized carbons (Fsp3) is 1.00. The van der Waals surface area contributed by atoms with Gasteiger partial charge in [0.25, 0.3) is 0 Å². The zero-order valence-electron chi connectivity index (χ0n) is 8.38. The van der Waals surface area contributed by atoms with Gasteiger partial charge in [0, 0.05) is 13.5 Å². The van der Waals surface area contributed by atoms with Crippen molar-refractivity contribution < 1.29 is 9.47 Å². The fourth-order valence-electron chi connectivity index (χ4n) is 1.75. The first-order chi connectivity index (χ1) is 5.77. The average Bonchev–Trinajstić information content (AvgIpc) is 2.43. The summed E-state index contributed by atoms with van der Waals surface area (Å²) in [5.74, 6) is 0.668. The number of unbranched alkanes of at least 4 members (excludes halogenated alkanes) is 1. The molecule has 0 N–H and O–H groups in total. The Kier molecular flexibility index (Phi) is 4.02. The van der Waals surface area contributed by atoms with Crippen molar-refractivity contribution in [2.45, 2.75) is 51.9 Å². The molecule has 0 amide bonds. The molecular weight excluding hydrogens is 152 g/mol. The minimum absolute atomic E-state index is 0.0573. The Labute approximate surface area is 75.2 Å². The van der Waals surface area contributed by atoms with E-state index >= 15 is 0 Å². The van der Waals surface area contributed by atoms with Crippen LogP contribution in [-0.4, -0.2) is 19.5 Å². The van der Waals surface area contributed by atoms with Gasteiger partial charge in [0.2, 0.25) is 0 Å². The summed E-state index contributed by atoms with van der Waals surface area (Å²) in [6.07, 6.45) is 5.27. The van der Waals surface area contributed by atoms with Crippen LogP contribution in [0.3, 0.4) is 0 Å². The number of methoxy groups -OCH3 is 1. The van der Waals surface area contributed by atoms with Crippen molar-refractivity contribution >= 4 is 0 Å². The van der Waals surface area contributed by atoms with Crippen LogP contribution >= 0.6 is 0 Å². The van der Waals surface area contributed by atoms with Gasteiger partial charge in [-0.1, -0.05) is 26.7 Å². The van der Waals surface area contributed by atoms with Gasteiger partial charge in [-0.2, -0.15) is 0 Å². The molecule has 0 bridgehead atoms. The van der Waals surface area contributed by atoms with E-state index in [0.717, 1.165) is 6.42 Å². The first-order valence-electron chi connectivity index (χ1n) is 4.96. The molecule has 0 radical (unpaired) electrons. The second kappa shape index (κ2) is 4.83. The summed E-state index contributed by atoms with van der Waals surface area (Å²) in [5.41, 5.74) is 0.